The summed E-state index contributed by atoms with van der Waals surface area (Å²) in [5.74, 6) is 0.861. The number of nitrogens with zero attached hydrogens (tertiary/aromatic N) is 2. The molecule has 2 nitrogen and oxygen atoms in total. The number of aromatic nitrogens is 2. The van der Waals surface area contributed by atoms with Gasteiger partial charge in [0.2, 0.25) is 0 Å². The SMILES string of the molecule is CC(C)Sc1nc(-c2ccccc2)nc2sc3c(c12)CCCC3. The lowest BCUT2D eigenvalue weighted by molar-refractivity contribution is 0.699. The first-order chi connectivity index (χ1) is 11.2. The van der Waals surface area contributed by atoms with Crippen LogP contribution >= 0.6 is 23.1 Å². The molecule has 0 N–H and O–H groups in total. The van der Waals surface area contributed by atoms with Gasteiger partial charge in [0, 0.05) is 21.1 Å². The number of thioether (sulfide) groups is 1. The van der Waals surface area contributed by atoms with Gasteiger partial charge in [-0.2, -0.15) is 0 Å². The molecule has 0 saturated heterocycles. The van der Waals surface area contributed by atoms with Gasteiger partial charge in [0.1, 0.15) is 9.86 Å². The largest absolute Gasteiger partial charge is 0.221 e. The predicted octanol–water partition coefficient (Wildman–Crippen LogP) is 5.74. The summed E-state index contributed by atoms with van der Waals surface area (Å²) < 4.78 is 0. The minimum atomic E-state index is 0.524. The fourth-order valence-electron chi connectivity index (χ4n) is 3.15. The Labute approximate surface area is 145 Å². The van der Waals surface area contributed by atoms with Crippen molar-refractivity contribution in [2.24, 2.45) is 0 Å². The quantitative estimate of drug-likeness (QED) is 0.449. The third-order valence-corrected chi connectivity index (χ3v) is 6.34. The summed E-state index contributed by atoms with van der Waals surface area (Å²) >= 11 is 3.76. The van der Waals surface area contributed by atoms with Crippen LogP contribution in [0, 0.1) is 0 Å². The predicted molar refractivity (Wildman–Crippen MR) is 100 cm³/mol. The summed E-state index contributed by atoms with van der Waals surface area (Å²) in [5, 5.41) is 3.03. The number of rotatable bonds is 3. The molecular weight excluding hydrogens is 320 g/mol. The van der Waals surface area contributed by atoms with Gasteiger partial charge in [-0.3, -0.25) is 0 Å². The monoisotopic (exact) mass is 340 g/mol. The highest BCUT2D eigenvalue weighted by molar-refractivity contribution is 8.00. The fraction of sp³-hybridized carbons (Fsp3) is 0.368. The highest BCUT2D eigenvalue weighted by Gasteiger charge is 2.22. The van der Waals surface area contributed by atoms with E-state index >= 15 is 0 Å². The van der Waals surface area contributed by atoms with Crippen LogP contribution < -0.4 is 0 Å². The molecule has 2 heterocycles. The zero-order valence-corrected chi connectivity index (χ0v) is 15.1. The summed E-state index contributed by atoms with van der Waals surface area (Å²) in [5.41, 5.74) is 2.63. The molecule has 0 fully saturated rings. The third-order valence-electron chi connectivity index (χ3n) is 4.16. The van der Waals surface area contributed by atoms with Crippen molar-refractivity contribution < 1.29 is 0 Å². The molecule has 0 atom stereocenters. The lowest BCUT2D eigenvalue weighted by Crippen LogP contribution is -2.00. The van der Waals surface area contributed by atoms with Crippen LogP contribution in [0.1, 0.15) is 37.1 Å². The van der Waals surface area contributed by atoms with Crippen molar-refractivity contribution in [3.63, 3.8) is 0 Å². The van der Waals surface area contributed by atoms with E-state index < -0.39 is 0 Å². The second-order valence-corrected chi connectivity index (χ2v) is 8.92. The van der Waals surface area contributed by atoms with Crippen LogP contribution in [0.15, 0.2) is 35.4 Å². The van der Waals surface area contributed by atoms with E-state index in [2.05, 4.69) is 38.1 Å². The van der Waals surface area contributed by atoms with E-state index in [-0.39, 0.29) is 0 Å². The van der Waals surface area contributed by atoms with E-state index in [4.69, 9.17) is 9.97 Å². The molecular formula is C19H20N2S2. The van der Waals surface area contributed by atoms with Crippen LogP contribution in [0.5, 0.6) is 0 Å². The molecule has 0 unspecified atom stereocenters. The van der Waals surface area contributed by atoms with Crippen LogP contribution in [0.3, 0.4) is 0 Å². The maximum absolute atomic E-state index is 4.95. The average Bonchev–Trinajstić information content (AvgIpc) is 2.93. The molecule has 0 radical (unpaired) electrons. The lowest BCUT2D eigenvalue weighted by Gasteiger charge is -2.13. The van der Waals surface area contributed by atoms with Crippen LogP contribution in [-0.4, -0.2) is 15.2 Å². The van der Waals surface area contributed by atoms with E-state index in [0.29, 0.717) is 5.25 Å². The van der Waals surface area contributed by atoms with E-state index in [1.54, 1.807) is 0 Å². The Bertz CT molecular complexity index is 837. The van der Waals surface area contributed by atoms with Gasteiger partial charge in [-0.15, -0.1) is 23.1 Å². The molecule has 0 saturated carbocycles. The molecule has 0 aliphatic heterocycles. The minimum absolute atomic E-state index is 0.524. The topological polar surface area (TPSA) is 25.8 Å². The van der Waals surface area contributed by atoms with Gasteiger partial charge < -0.3 is 0 Å². The summed E-state index contributed by atoms with van der Waals surface area (Å²) in [6.07, 6.45) is 5.01. The molecule has 1 aliphatic carbocycles. The highest BCUT2D eigenvalue weighted by Crippen LogP contribution is 2.41. The van der Waals surface area contributed by atoms with Crippen LogP contribution in [-0.2, 0) is 12.8 Å². The second-order valence-electron chi connectivity index (χ2n) is 6.28. The Morgan fingerprint density at radius 1 is 1.04 bits per heavy atom. The molecule has 0 amide bonds. The molecule has 2 aromatic heterocycles. The fourth-order valence-corrected chi connectivity index (χ4v) is 5.40. The van der Waals surface area contributed by atoms with E-state index in [9.17, 15) is 0 Å². The first-order valence-electron chi connectivity index (χ1n) is 8.26. The molecule has 3 aromatic rings. The van der Waals surface area contributed by atoms with E-state index in [1.807, 2.05) is 29.2 Å². The van der Waals surface area contributed by atoms with E-state index in [1.165, 1.54) is 51.4 Å². The zero-order chi connectivity index (χ0) is 15.8. The Hall–Kier alpha value is -1.39. The Kier molecular flexibility index (Phi) is 4.12. The standard InChI is InChI=1S/C19H20N2S2/c1-12(2)22-18-16-14-10-6-7-11-15(14)23-19(16)21-17(20-18)13-8-4-3-5-9-13/h3-5,8-9,12H,6-7,10-11H2,1-2H3. The summed E-state index contributed by atoms with van der Waals surface area (Å²) in [7, 11) is 0. The number of thiophene rings is 1. The van der Waals surface area contributed by atoms with Gasteiger partial charge in [0.25, 0.3) is 0 Å². The van der Waals surface area contributed by atoms with Gasteiger partial charge >= 0.3 is 0 Å². The molecule has 4 rings (SSSR count). The van der Waals surface area contributed by atoms with Crippen molar-refractivity contribution in [2.45, 2.75) is 49.8 Å². The van der Waals surface area contributed by atoms with Crippen LogP contribution in [0.2, 0.25) is 0 Å². The maximum atomic E-state index is 4.95. The summed E-state index contributed by atoms with van der Waals surface area (Å²) in [6, 6.07) is 10.3. The average molecular weight is 341 g/mol. The molecule has 23 heavy (non-hydrogen) atoms. The Morgan fingerprint density at radius 2 is 1.83 bits per heavy atom. The molecule has 0 spiro atoms. The first-order valence-corrected chi connectivity index (χ1v) is 9.96. The van der Waals surface area contributed by atoms with Gasteiger partial charge in [0.05, 0.1) is 0 Å². The second kappa shape index (κ2) is 6.25. The Balaban J connectivity index is 1.94. The van der Waals surface area contributed by atoms with Crippen molar-refractivity contribution in [3.8, 4) is 11.4 Å². The normalized spacial score (nSPS) is 14.4. The van der Waals surface area contributed by atoms with Gasteiger partial charge in [0.15, 0.2) is 5.82 Å². The smallest absolute Gasteiger partial charge is 0.162 e. The minimum Gasteiger partial charge on any atom is -0.221 e. The number of aryl methyl sites for hydroxylation is 2. The highest BCUT2D eigenvalue weighted by atomic mass is 32.2. The summed E-state index contributed by atoms with van der Waals surface area (Å²) in [6.45, 7) is 4.47. The molecule has 1 aromatic carbocycles. The molecule has 1 aliphatic rings. The first kappa shape index (κ1) is 15.2. The van der Waals surface area contributed by atoms with Crippen molar-refractivity contribution in [1.29, 1.82) is 0 Å². The van der Waals surface area contributed by atoms with Crippen molar-refractivity contribution >= 4 is 33.3 Å². The van der Waals surface area contributed by atoms with E-state index in [0.717, 1.165) is 11.4 Å². The molecule has 118 valence electrons. The molecule has 0 bridgehead atoms. The Morgan fingerprint density at radius 3 is 2.61 bits per heavy atom. The third kappa shape index (κ3) is 2.90. The van der Waals surface area contributed by atoms with Crippen LogP contribution in [0.4, 0.5) is 0 Å². The van der Waals surface area contributed by atoms with Crippen LogP contribution in [0.25, 0.3) is 21.6 Å². The van der Waals surface area contributed by atoms with Crippen molar-refractivity contribution in [1.82, 2.24) is 9.97 Å². The number of fused-ring (bicyclic) bond motifs is 3. The van der Waals surface area contributed by atoms with Gasteiger partial charge in [-0.25, -0.2) is 9.97 Å². The number of hydrogen-bond donors (Lipinski definition) is 0. The van der Waals surface area contributed by atoms with Gasteiger partial charge in [-0.1, -0.05) is 44.2 Å². The zero-order valence-electron chi connectivity index (χ0n) is 13.5. The lowest BCUT2D eigenvalue weighted by atomic mass is 9.97. The number of benzene rings is 1. The van der Waals surface area contributed by atoms with Crippen molar-refractivity contribution in [3.05, 3.63) is 40.8 Å². The van der Waals surface area contributed by atoms with Crippen molar-refractivity contribution in [2.75, 3.05) is 0 Å². The number of hydrogen-bond acceptors (Lipinski definition) is 4. The maximum Gasteiger partial charge on any atom is 0.162 e. The summed E-state index contributed by atoms with van der Waals surface area (Å²) in [4.78, 5) is 12.6. The van der Waals surface area contributed by atoms with Gasteiger partial charge in [-0.05, 0) is 31.2 Å². The molecule has 4 heteroatoms.